The van der Waals surface area contributed by atoms with Crippen molar-refractivity contribution in [2.24, 2.45) is 0 Å². The third-order valence-electron chi connectivity index (χ3n) is 20.6. The number of carbonyl (C=O) groups is 11. The van der Waals surface area contributed by atoms with Gasteiger partial charge in [0, 0.05) is 145 Å². The summed E-state index contributed by atoms with van der Waals surface area (Å²) in [5.74, 6) is -3.73. The van der Waals surface area contributed by atoms with Crippen LogP contribution in [0.1, 0.15) is 188 Å². The first kappa shape index (κ1) is 107. The fraction of sp³-hybridized carbons (Fsp3) is 0.861. The molecule has 0 aromatic rings. The molecule has 0 aromatic carbocycles. The number of β-amino-alcohol motifs (C(OH)–C–C–N with tert-alkyl or cyclic N) is 1. The van der Waals surface area contributed by atoms with Crippen LogP contribution in [0, 0.1) is 0 Å². The van der Waals surface area contributed by atoms with Crippen molar-refractivity contribution in [3.63, 3.8) is 0 Å². The number of nitrogens with zero attached hydrogens (tertiary/aromatic N) is 1. The Morgan fingerprint density at radius 2 is 0.653 bits per heavy atom. The molecule has 17 atom stereocenters. The van der Waals surface area contributed by atoms with Crippen molar-refractivity contribution in [1.29, 1.82) is 0 Å². The minimum absolute atomic E-state index is 0.0105. The molecule has 4 rings (SSSR count). The van der Waals surface area contributed by atoms with Crippen molar-refractivity contribution < 1.29 is 151 Å². The summed E-state index contributed by atoms with van der Waals surface area (Å²) in [6.07, 6.45) is -5.20. The Hall–Kier alpha value is -6.63. The summed E-state index contributed by atoms with van der Waals surface area (Å²) in [5, 5.41) is 129. The Morgan fingerprint density at radius 1 is 0.364 bits per heavy atom. The van der Waals surface area contributed by atoms with Gasteiger partial charge in [-0.1, -0.05) is 38.5 Å². The molecule has 11 amide bonds. The fourth-order valence-corrected chi connectivity index (χ4v) is 14.0. The van der Waals surface area contributed by atoms with Crippen LogP contribution in [0.5, 0.6) is 0 Å². The van der Waals surface area contributed by atoms with E-state index in [4.69, 9.17) is 47.4 Å². The number of carbonyl (C=O) groups excluding carboxylic acids is 11. The summed E-state index contributed by atoms with van der Waals surface area (Å²) in [7, 11) is 1.57. The van der Waals surface area contributed by atoms with Gasteiger partial charge in [-0.2, -0.15) is 0 Å². The van der Waals surface area contributed by atoms with Gasteiger partial charge >= 0.3 is 0 Å². The number of hydrogen-bond donors (Lipinski definition) is 20. The first-order chi connectivity index (χ1) is 58.0. The molecule has 42 heteroatoms. The van der Waals surface area contributed by atoms with Gasteiger partial charge in [-0.05, 0) is 77.0 Å². The van der Waals surface area contributed by atoms with Gasteiger partial charge in [-0.3, -0.25) is 52.7 Å². The van der Waals surface area contributed by atoms with Gasteiger partial charge < -0.3 is 157 Å². The Kier molecular flexibility index (Phi) is 54.4. The second-order valence-electron chi connectivity index (χ2n) is 31.1. The molecule has 42 nitrogen and oxygen atoms in total. The molecule has 0 aliphatic carbocycles. The van der Waals surface area contributed by atoms with Crippen LogP contribution >= 0.6 is 0 Å². The summed E-state index contributed by atoms with van der Waals surface area (Å²) in [6.45, 7) is 2.98. The molecule has 121 heavy (non-hydrogen) atoms. The summed E-state index contributed by atoms with van der Waals surface area (Å²) >= 11 is 0. The maximum atomic E-state index is 14.0. The molecule has 4 aliphatic rings. The maximum Gasteiger partial charge on any atom is 0.222 e. The topological polar surface area (TPSA) is 606 Å². The number of aliphatic hydroxyl groups excluding tert-OH is 10. The Labute approximate surface area is 707 Å². The number of aliphatic hydroxyl groups is 10. The lowest BCUT2D eigenvalue weighted by atomic mass is 9.97. The summed E-state index contributed by atoms with van der Waals surface area (Å²) in [4.78, 5) is 141. The molecule has 4 saturated heterocycles. The zero-order valence-corrected chi connectivity index (χ0v) is 70.8. The number of nitrogens with one attached hydrogen (secondary N) is 10. The lowest BCUT2D eigenvalue weighted by molar-refractivity contribution is -0.270. The average Bonchev–Trinajstić information content (AvgIpc) is 1.50. The van der Waals surface area contributed by atoms with E-state index in [0.717, 1.165) is 44.9 Å². The minimum Gasteiger partial charge on any atom is -0.394 e. The first-order valence-electron chi connectivity index (χ1n) is 42.7. The van der Waals surface area contributed by atoms with Gasteiger partial charge in [0.15, 0.2) is 18.9 Å². The quantitative estimate of drug-likeness (QED) is 0.0253. The van der Waals surface area contributed by atoms with Crippen molar-refractivity contribution in [2.75, 3.05) is 139 Å². The highest BCUT2D eigenvalue weighted by atomic mass is 16.7. The highest BCUT2D eigenvalue weighted by molar-refractivity contribution is 5.79. The Bertz CT molecular complexity index is 2770. The molecule has 0 bridgehead atoms. The number of unbranched alkanes of at least 4 members (excludes halogenated alkanes) is 10. The molecule has 15 unspecified atom stereocenters. The molecule has 4 aliphatic heterocycles. The van der Waals surface area contributed by atoms with Crippen molar-refractivity contribution in [3.8, 4) is 0 Å². The van der Waals surface area contributed by atoms with Crippen molar-refractivity contribution >= 4 is 65.0 Å². The minimum atomic E-state index is -1.46. The lowest BCUT2D eigenvalue weighted by Crippen LogP contribution is -2.64. The fourth-order valence-electron chi connectivity index (χ4n) is 14.0. The summed E-state index contributed by atoms with van der Waals surface area (Å²) < 4.78 is 57.5. The van der Waals surface area contributed by atoms with Crippen LogP contribution in [0.4, 0.5) is 0 Å². The molecular formula is C79H141N11O31. The third kappa shape index (κ3) is 43.2. The van der Waals surface area contributed by atoms with E-state index >= 15 is 0 Å². The molecule has 698 valence electrons. The van der Waals surface area contributed by atoms with Crippen LogP contribution in [0.25, 0.3) is 0 Å². The van der Waals surface area contributed by atoms with Gasteiger partial charge in [0.2, 0.25) is 65.0 Å². The largest absolute Gasteiger partial charge is 0.394 e. The van der Waals surface area contributed by atoms with Crippen LogP contribution in [0.3, 0.4) is 0 Å². The van der Waals surface area contributed by atoms with Crippen LogP contribution in [0.15, 0.2) is 0 Å². The second kappa shape index (κ2) is 61.7. The molecule has 0 radical (unpaired) electrons. The highest BCUT2D eigenvalue weighted by Gasteiger charge is 2.48. The van der Waals surface area contributed by atoms with E-state index in [9.17, 15) is 104 Å². The first-order valence-corrected chi connectivity index (χ1v) is 42.7. The summed E-state index contributed by atoms with van der Waals surface area (Å²) in [6, 6.07) is -3.43. The average molecular weight is 1740 g/mol. The van der Waals surface area contributed by atoms with Gasteiger partial charge in [0.05, 0.1) is 78.2 Å². The van der Waals surface area contributed by atoms with Crippen molar-refractivity contribution in [2.45, 2.75) is 297 Å². The van der Waals surface area contributed by atoms with E-state index < -0.39 is 141 Å². The number of amides is 11. The van der Waals surface area contributed by atoms with E-state index in [0.29, 0.717) is 90.2 Å². The standard InChI is InChI=1S/C79H141N11O31/c1-51(94)86-67-73(109)70(106)56(44-91)119-76(67)116-36-16-13-22-59(98)80-30-19-33-83-62(101)27-39-113-48-79(89-65(104)25-11-9-7-5-6-8-10-12-26-66(105)90-43-55(97)42-54(90)47-112-4,49-114-40-28-63(102)84-34-20-31-81-60(99)23-14-17-37-117-77-68(87-52(2)95)74(110)71(107)57(45-92)120-77)50-115-41-29-64(103)85-35-21-32-82-61(100)24-15-18-38-118-78-69(88-53(3)96)75(111)72(108)58(46-93)121-78/h54-58,67-78,91-93,97,106-111H,5-50H2,1-4H3,(H,80,98)(H,81,99)(H,82,100)(H,83,101)(H,84,102)(H,85,103)(H,86,94)(H,87,95)(H,88,96)(H,89,104)/t54-,55+,56?,57?,58?,67?,68?,69?,70?,71?,72?,73?,74?,75?,76?,77?,78?,79?/m0/s1. The molecule has 0 spiro atoms. The highest BCUT2D eigenvalue weighted by Crippen LogP contribution is 2.27. The van der Waals surface area contributed by atoms with E-state index in [-0.39, 0.29) is 197 Å². The predicted molar refractivity (Wildman–Crippen MR) is 429 cm³/mol. The Balaban J connectivity index is 1.30. The van der Waals surface area contributed by atoms with E-state index in [1.807, 2.05) is 0 Å². The van der Waals surface area contributed by atoms with E-state index in [1.54, 1.807) is 12.0 Å². The Morgan fingerprint density at radius 3 is 0.959 bits per heavy atom. The number of hydrogen-bond acceptors (Lipinski definition) is 31. The normalized spacial score (nSPS) is 25.1. The molecule has 4 heterocycles. The van der Waals surface area contributed by atoms with Gasteiger partial charge in [-0.25, -0.2) is 0 Å². The van der Waals surface area contributed by atoms with Crippen LogP contribution < -0.4 is 53.2 Å². The molecular weight excluding hydrogens is 1600 g/mol. The molecule has 4 fully saturated rings. The smallest absolute Gasteiger partial charge is 0.222 e. The van der Waals surface area contributed by atoms with Crippen LogP contribution in [0.2, 0.25) is 0 Å². The summed E-state index contributed by atoms with van der Waals surface area (Å²) in [5.41, 5.74) is -1.43. The third-order valence-corrected chi connectivity index (χ3v) is 20.6. The maximum absolute atomic E-state index is 14.0. The second-order valence-corrected chi connectivity index (χ2v) is 31.1. The van der Waals surface area contributed by atoms with Crippen LogP contribution in [-0.2, 0) is 100 Å². The molecule has 20 N–H and O–H groups in total. The lowest BCUT2D eigenvalue weighted by Gasteiger charge is -2.42. The van der Waals surface area contributed by atoms with Crippen LogP contribution in [-0.4, -0.2) is 369 Å². The van der Waals surface area contributed by atoms with Gasteiger partial charge in [0.1, 0.15) is 78.6 Å². The SMILES string of the molecule is COC[C@@H]1C[C@@H](O)CN1C(=O)CCCCCCCCCCC(=O)NC(COCCC(=O)NCCCNC(=O)CCCCOC1OC(CO)C(O)C(O)C1NC(C)=O)(COCCC(=O)NCCCNC(=O)CCCCOC1OC(CO)C(O)C(O)C1NC(C)=O)COCCC(=O)NCCCNC(=O)CCCCOC1OC(CO)C(O)C(O)C1NC(C)=O. The number of rotatable bonds is 65. The van der Waals surface area contributed by atoms with Gasteiger partial charge in [0.25, 0.3) is 0 Å². The van der Waals surface area contributed by atoms with E-state index in [2.05, 4.69) is 53.2 Å². The van der Waals surface area contributed by atoms with Gasteiger partial charge in [-0.15, -0.1) is 0 Å². The number of likely N-dealkylation sites (tertiary alicyclic amines) is 1. The zero-order chi connectivity index (χ0) is 88.9. The number of methoxy groups -OCH3 is 1. The zero-order valence-electron chi connectivity index (χ0n) is 70.8. The monoisotopic (exact) mass is 1740 g/mol. The molecule has 0 aromatic heterocycles. The van der Waals surface area contributed by atoms with E-state index in [1.165, 1.54) is 20.8 Å². The molecule has 0 saturated carbocycles. The van der Waals surface area contributed by atoms with Crippen molar-refractivity contribution in [1.82, 2.24) is 58.1 Å². The number of ether oxygens (including phenoxy) is 10. The predicted octanol–water partition coefficient (Wildman–Crippen LogP) is -5.17. The van der Waals surface area contributed by atoms with Crippen molar-refractivity contribution in [3.05, 3.63) is 0 Å².